The van der Waals surface area contributed by atoms with Crippen LogP contribution in [-0.2, 0) is 29.6 Å². The van der Waals surface area contributed by atoms with Gasteiger partial charge in [-0.2, -0.15) is 22.1 Å². The number of nitrogens with one attached hydrogen (secondary N) is 2. The number of fused-ring (bicyclic) bond motifs is 2. The number of nitrogens with zero attached hydrogens (tertiary/aromatic N) is 3. The average molecular weight is 389 g/mol. The second-order valence-corrected chi connectivity index (χ2v) is 9.31. The molecule has 27 heavy (non-hydrogen) atoms. The van der Waals surface area contributed by atoms with Crippen LogP contribution < -0.4 is 5.32 Å². The molecule has 1 amide bonds. The molecule has 9 heteroatoms. The minimum absolute atomic E-state index is 0.00439. The van der Waals surface area contributed by atoms with E-state index in [1.807, 2.05) is 12.1 Å². The number of aryl methyl sites for hydroxylation is 1. The largest absolute Gasteiger partial charge is 0.344 e. The maximum absolute atomic E-state index is 12.8. The molecule has 0 bridgehead atoms. The van der Waals surface area contributed by atoms with Crippen LogP contribution in [0.3, 0.4) is 0 Å². The van der Waals surface area contributed by atoms with Crippen LogP contribution in [-0.4, -0.2) is 53.8 Å². The number of carbonyl (C=O) groups is 1. The highest BCUT2D eigenvalue weighted by atomic mass is 32.2. The quantitative estimate of drug-likeness (QED) is 0.815. The summed E-state index contributed by atoms with van der Waals surface area (Å²) in [5, 5.41) is 10.1. The summed E-state index contributed by atoms with van der Waals surface area (Å²) < 4.78 is 27.2. The van der Waals surface area contributed by atoms with E-state index in [1.165, 1.54) is 33.8 Å². The lowest BCUT2D eigenvalue weighted by atomic mass is 10.0. The topological polar surface area (TPSA) is 98.4 Å². The number of hydrogen-bond donors (Lipinski definition) is 2. The Morgan fingerprint density at radius 2 is 2.07 bits per heavy atom. The summed E-state index contributed by atoms with van der Waals surface area (Å²) in [5.41, 5.74) is 4.30. The molecule has 2 aromatic rings. The van der Waals surface area contributed by atoms with Crippen LogP contribution in [0.4, 0.5) is 0 Å². The molecule has 0 fully saturated rings. The Hall–Kier alpha value is -2.23. The zero-order chi connectivity index (χ0) is 19.2. The summed E-state index contributed by atoms with van der Waals surface area (Å²) in [4.78, 5) is 12.8. The van der Waals surface area contributed by atoms with Gasteiger partial charge in [-0.1, -0.05) is 24.3 Å². The molecule has 1 aromatic heterocycles. The highest BCUT2D eigenvalue weighted by Gasteiger charge is 2.33. The average Bonchev–Trinajstić information content (AvgIpc) is 3.25. The number of H-pyrrole nitrogens is 1. The minimum Gasteiger partial charge on any atom is -0.344 e. The minimum atomic E-state index is -3.49. The first-order valence-electron chi connectivity index (χ1n) is 9.00. The van der Waals surface area contributed by atoms with Crippen LogP contribution in [0.25, 0.3) is 0 Å². The number of aromatic amines is 1. The van der Waals surface area contributed by atoms with Gasteiger partial charge in [0.2, 0.25) is 0 Å². The van der Waals surface area contributed by atoms with Crippen LogP contribution in [0, 0.1) is 0 Å². The van der Waals surface area contributed by atoms with Gasteiger partial charge >= 0.3 is 0 Å². The Morgan fingerprint density at radius 3 is 2.85 bits per heavy atom. The summed E-state index contributed by atoms with van der Waals surface area (Å²) >= 11 is 0. The summed E-state index contributed by atoms with van der Waals surface area (Å²) in [5.74, 6) is -0.210. The molecule has 1 aromatic carbocycles. The first-order chi connectivity index (χ1) is 12.9. The van der Waals surface area contributed by atoms with Crippen LogP contribution in [0.15, 0.2) is 24.3 Å². The molecule has 0 spiro atoms. The Morgan fingerprint density at radius 1 is 1.30 bits per heavy atom. The molecule has 144 valence electrons. The first kappa shape index (κ1) is 18.1. The SMILES string of the molecule is CN(C)S(=O)(=O)N1CCc2c(C(=O)NC3CCc4ccccc43)n[nH]c2C1. The third kappa shape index (κ3) is 3.15. The zero-order valence-electron chi connectivity index (χ0n) is 15.4. The monoisotopic (exact) mass is 389 g/mol. The Kier molecular flexibility index (Phi) is 4.53. The molecule has 1 aliphatic heterocycles. The predicted molar refractivity (Wildman–Crippen MR) is 100 cm³/mol. The van der Waals surface area contributed by atoms with E-state index in [2.05, 4.69) is 27.6 Å². The van der Waals surface area contributed by atoms with Gasteiger partial charge in [-0.05, 0) is 30.4 Å². The van der Waals surface area contributed by atoms with Gasteiger partial charge in [0.25, 0.3) is 16.1 Å². The standard InChI is InChI=1S/C18H23N5O3S/c1-22(2)27(25,26)23-10-9-14-16(11-23)20-21-17(14)18(24)19-15-8-7-12-5-3-4-6-13(12)15/h3-6,15H,7-11H2,1-2H3,(H,19,24)(H,20,21). The summed E-state index contributed by atoms with van der Waals surface area (Å²) in [7, 11) is -0.467. The molecule has 2 N–H and O–H groups in total. The van der Waals surface area contributed by atoms with E-state index in [-0.39, 0.29) is 18.5 Å². The fourth-order valence-electron chi connectivity index (χ4n) is 3.84. The molecule has 1 atom stereocenters. The number of benzene rings is 1. The lowest BCUT2D eigenvalue weighted by Crippen LogP contribution is -2.43. The fraction of sp³-hybridized carbons (Fsp3) is 0.444. The number of rotatable bonds is 4. The van der Waals surface area contributed by atoms with Crippen molar-refractivity contribution in [2.24, 2.45) is 0 Å². The van der Waals surface area contributed by atoms with E-state index in [9.17, 15) is 13.2 Å². The van der Waals surface area contributed by atoms with Crippen molar-refractivity contribution in [2.75, 3.05) is 20.6 Å². The van der Waals surface area contributed by atoms with Crippen molar-refractivity contribution in [3.63, 3.8) is 0 Å². The Balaban J connectivity index is 1.51. The summed E-state index contributed by atoms with van der Waals surface area (Å²) in [6.45, 7) is 0.530. The van der Waals surface area contributed by atoms with Crippen molar-refractivity contribution in [3.8, 4) is 0 Å². The smallest absolute Gasteiger partial charge is 0.281 e. The normalized spacial score (nSPS) is 19.7. The molecular weight excluding hydrogens is 366 g/mol. The van der Waals surface area contributed by atoms with Crippen molar-refractivity contribution < 1.29 is 13.2 Å². The van der Waals surface area contributed by atoms with Gasteiger partial charge in [0.1, 0.15) is 0 Å². The second-order valence-electron chi connectivity index (χ2n) is 7.17. The van der Waals surface area contributed by atoms with Gasteiger partial charge in [0, 0.05) is 26.2 Å². The van der Waals surface area contributed by atoms with Crippen molar-refractivity contribution >= 4 is 16.1 Å². The Labute approximate surface area is 158 Å². The fourth-order valence-corrected chi connectivity index (χ4v) is 4.92. The van der Waals surface area contributed by atoms with E-state index in [0.29, 0.717) is 24.4 Å². The lowest BCUT2D eigenvalue weighted by molar-refractivity contribution is 0.0930. The Bertz CT molecular complexity index is 983. The third-order valence-corrected chi connectivity index (χ3v) is 7.23. The van der Waals surface area contributed by atoms with Crippen molar-refractivity contribution in [1.29, 1.82) is 0 Å². The van der Waals surface area contributed by atoms with Crippen molar-refractivity contribution in [1.82, 2.24) is 24.1 Å². The van der Waals surface area contributed by atoms with E-state index < -0.39 is 10.2 Å². The molecule has 0 saturated carbocycles. The summed E-state index contributed by atoms with van der Waals surface area (Å²) in [6, 6.07) is 8.14. The predicted octanol–water partition coefficient (Wildman–Crippen LogP) is 0.991. The molecule has 8 nitrogen and oxygen atoms in total. The lowest BCUT2D eigenvalue weighted by Gasteiger charge is -2.28. The van der Waals surface area contributed by atoms with Gasteiger partial charge in [0.05, 0.1) is 18.3 Å². The maximum Gasteiger partial charge on any atom is 0.281 e. The van der Waals surface area contributed by atoms with Crippen LogP contribution in [0.2, 0.25) is 0 Å². The van der Waals surface area contributed by atoms with Crippen molar-refractivity contribution in [3.05, 3.63) is 52.3 Å². The molecule has 0 saturated heterocycles. The van der Waals surface area contributed by atoms with Gasteiger partial charge in [-0.15, -0.1) is 0 Å². The first-order valence-corrected chi connectivity index (χ1v) is 10.4. The maximum atomic E-state index is 12.8. The molecule has 4 rings (SSSR count). The molecule has 2 aliphatic rings. The van der Waals surface area contributed by atoms with Crippen LogP contribution >= 0.6 is 0 Å². The van der Waals surface area contributed by atoms with E-state index in [4.69, 9.17) is 0 Å². The number of amides is 1. The second kappa shape index (κ2) is 6.74. The molecule has 0 radical (unpaired) electrons. The van der Waals surface area contributed by atoms with Crippen LogP contribution in [0.1, 0.15) is 45.3 Å². The zero-order valence-corrected chi connectivity index (χ0v) is 16.2. The van der Waals surface area contributed by atoms with Gasteiger partial charge < -0.3 is 5.32 Å². The molecular formula is C18H23N5O3S. The van der Waals surface area contributed by atoms with E-state index >= 15 is 0 Å². The van der Waals surface area contributed by atoms with E-state index in [0.717, 1.165) is 18.4 Å². The van der Waals surface area contributed by atoms with Crippen molar-refractivity contribution in [2.45, 2.75) is 31.8 Å². The van der Waals surface area contributed by atoms with Crippen LogP contribution in [0.5, 0.6) is 0 Å². The van der Waals surface area contributed by atoms with Gasteiger partial charge in [-0.3, -0.25) is 9.89 Å². The van der Waals surface area contributed by atoms with Gasteiger partial charge in [-0.25, -0.2) is 0 Å². The molecule has 1 unspecified atom stereocenters. The third-order valence-electron chi connectivity index (χ3n) is 5.34. The number of carbonyl (C=O) groups excluding carboxylic acids is 1. The number of hydrogen-bond acceptors (Lipinski definition) is 4. The highest BCUT2D eigenvalue weighted by Crippen LogP contribution is 2.31. The highest BCUT2D eigenvalue weighted by molar-refractivity contribution is 7.86. The van der Waals surface area contributed by atoms with Gasteiger partial charge in [0.15, 0.2) is 5.69 Å². The number of aromatic nitrogens is 2. The summed E-state index contributed by atoms with van der Waals surface area (Å²) in [6.07, 6.45) is 2.30. The molecule has 2 heterocycles. The molecule has 1 aliphatic carbocycles. The van der Waals surface area contributed by atoms with E-state index in [1.54, 1.807) is 0 Å².